The standard InChI is InChI=1S/C5H9N3O2S/c1-10-3-2-8-5(9)7-4(6)11-8/h2-3H2,1H3,(H2,6,7,9). The lowest BCUT2D eigenvalue weighted by molar-refractivity contribution is 0.189. The lowest BCUT2D eigenvalue weighted by Gasteiger charge is -1.95. The third kappa shape index (κ3) is 2.02. The Hall–Kier alpha value is -0.880. The molecule has 0 unspecified atom stereocenters. The number of hydrogen-bond donors (Lipinski definition) is 1. The van der Waals surface area contributed by atoms with E-state index in [2.05, 4.69) is 4.98 Å². The summed E-state index contributed by atoms with van der Waals surface area (Å²) < 4.78 is 6.25. The molecule has 0 bridgehead atoms. The van der Waals surface area contributed by atoms with Gasteiger partial charge in [0.2, 0.25) is 5.13 Å². The number of ether oxygens (including phenoxy) is 1. The highest BCUT2D eigenvalue weighted by atomic mass is 32.1. The van der Waals surface area contributed by atoms with Crippen molar-refractivity contribution in [3.8, 4) is 0 Å². The zero-order chi connectivity index (χ0) is 8.27. The molecule has 0 spiro atoms. The van der Waals surface area contributed by atoms with Crippen LogP contribution in [0.3, 0.4) is 0 Å². The van der Waals surface area contributed by atoms with E-state index in [0.29, 0.717) is 18.3 Å². The van der Waals surface area contributed by atoms with Crippen LogP contribution in [-0.4, -0.2) is 22.7 Å². The fraction of sp³-hybridized carbons (Fsp3) is 0.600. The van der Waals surface area contributed by atoms with Gasteiger partial charge < -0.3 is 10.5 Å². The maximum Gasteiger partial charge on any atom is 0.359 e. The number of aromatic nitrogens is 2. The molecule has 0 aliphatic rings. The van der Waals surface area contributed by atoms with E-state index in [9.17, 15) is 4.79 Å². The maximum atomic E-state index is 10.9. The first-order valence-electron chi connectivity index (χ1n) is 3.06. The van der Waals surface area contributed by atoms with Gasteiger partial charge in [-0.15, -0.1) is 0 Å². The van der Waals surface area contributed by atoms with Crippen LogP contribution in [0.1, 0.15) is 0 Å². The highest BCUT2D eigenvalue weighted by molar-refractivity contribution is 7.10. The van der Waals surface area contributed by atoms with Crippen molar-refractivity contribution in [3.05, 3.63) is 10.5 Å². The molecule has 0 aromatic carbocycles. The minimum atomic E-state index is -0.301. The molecule has 0 amide bonds. The van der Waals surface area contributed by atoms with E-state index < -0.39 is 0 Å². The lowest BCUT2D eigenvalue weighted by Crippen LogP contribution is -2.17. The molecule has 0 saturated carbocycles. The van der Waals surface area contributed by atoms with E-state index in [4.69, 9.17) is 10.5 Å². The molecule has 0 aliphatic heterocycles. The summed E-state index contributed by atoms with van der Waals surface area (Å²) in [5.41, 5.74) is 5.00. The van der Waals surface area contributed by atoms with Crippen LogP contribution in [0.5, 0.6) is 0 Å². The topological polar surface area (TPSA) is 70.1 Å². The fourth-order valence-electron chi connectivity index (χ4n) is 0.638. The number of nitrogens with two attached hydrogens (primary N) is 1. The second kappa shape index (κ2) is 3.49. The largest absolute Gasteiger partial charge is 0.383 e. The van der Waals surface area contributed by atoms with Crippen molar-refractivity contribution < 1.29 is 4.74 Å². The minimum absolute atomic E-state index is 0.297. The fourth-order valence-corrected chi connectivity index (χ4v) is 1.27. The molecule has 1 rings (SSSR count). The Morgan fingerprint density at radius 2 is 2.55 bits per heavy atom. The quantitative estimate of drug-likeness (QED) is 0.674. The molecule has 0 saturated heterocycles. The van der Waals surface area contributed by atoms with Gasteiger partial charge in [0.15, 0.2) is 0 Å². The smallest absolute Gasteiger partial charge is 0.359 e. The number of anilines is 1. The molecule has 0 fully saturated rings. The predicted octanol–water partition coefficient (Wildman–Crippen LogP) is -0.467. The molecular weight excluding hydrogens is 166 g/mol. The normalized spacial score (nSPS) is 10.3. The third-order valence-corrected chi connectivity index (χ3v) is 1.96. The van der Waals surface area contributed by atoms with Gasteiger partial charge in [0.05, 0.1) is 13.2 Å². The van der Waals surface area contributed by atoms with Crippen molar-refractivity contribution in [1.29, 1.82) is 0 Å². The summed E-state index contributed by atoms with van der Waals surface area (Å²) in [7, 11) is 1.58. The molecule has 1 aromatic rings. The van der Waals surface area contributed by atoms with Crippen LogP contribution in [0.15, 0.2) is 4.79 Å². The van der Waals surface area contributed by atoms with Gasteiger partial charge in [-0.25, -0.2) is 8.75 Å². The van der Waals surface area contributed by atoms with Gasteiger partial charge in [0.25, 0.3) is 0 Å². The molecule has 62 valence electrons. The van der Waals surface area contributed by atoms with Crippen LogP contribution in [-0.2, 0) is 11.3 Å². The Labute approximate surface area is 67.6 Å². The Kier molecular flexibility index (Phi) is 2.61. The van der Waals surface area contributed by atoms with Gasteiger partial charge in [0, 0.05) is 7.11 Å². The number of rotatable bonds is 3. The number of nitrogen functional groups attached to an aromatic ring is 1. The highest BCUT2D eigenvalue weighted by Gasteiger charge is 2.00. The summed E-state index contributed by atoms with van der Waals surface area (Å²) in [5, 5.41) is 0.297. The average Bonchev–Trinajstić information content (AvgIpc) is 2.26. The first-order chi connectivity index (χ1) is 5.24. The second-order valence-electron chi connectivity index (χ2n) is 1.92. The van der Waals surface area contributed by atoms with Gasteiger partial charge in [-0.3, -0.25) is 0 Å². The molecule has 11 heavy (non-hydrogen) atoms. The summed E-state index contributed by atoms with van der Waals surface area (Å²) in [6.07, 6.45) is 0. The molecule has 2 N–H and O–H groups in total. The zero-order valence-corrected chi connectivity index (χ0v) is 6.93. The number of methoxy groups -OCH3 is 1. The van der Waals surface area contributed by atoms with Crippen LogP contribution < -0.4 is 11.4 Å². The van der Waals surface area contributed by atoms with Gasteiger partial charge in [-0.05, 0) is 11.5 Å². The molecule has 1 aromatic heterocycles. The Bertz CT molecular complexity index is 280. The van der Waals surface area contributed by atoms with Crippen LogP contribution in [0.2, 0.25) is 0 Å². The third-order valence-electron chi connectivity index (χ3n) is 1.12. The van der Waals surface area contributed by atoms with Crippen LogP contribution in [0.4, 0.5) is 5.13 Å². The lowest BCUT2D eigenvalue weighted by atomic mass is 10.7. The Balaban J connectivity index is 2.70. The molecule has 5 nitrogen and oxygen atoms in total. The number of hydrogen-bond acceptors (Lipinski definition) is 5. The van der Waals surface area contributed by atoms with E-state index in [-0.39, 0.29) is 5.69 Å². The number of nitrogens with zero attached hydrogens (tertiary/aromatic N) is 2. The van der Waals surface area contributed by atoms with Gasteiger partial charge in [-0.2, -0.15) is 4.98 Å². The maximum absolute atomic E-state index is 10.9. The van der Waals surface area contributed by atoms with Crippen molar-refractivity contribution >= 4 is 16.7 Å². The molecule has 0 radical (unpaired) electrons. The van der Waals surface area contributed by atoms with E-state index in [1.54, 1.807) is 7.11 Å². The first kappa shape index (κ1) is 8.22. The van der Waals surface area contributed by atoms with Crippen molar-refractivity contribution in [2.45, 2.75) is 6.54 Å². The summed E-state index contributed by atoms with van der Waals surface area (Å²) in [5.74, 6) is 0. The summed E-state index contributed by atoms with van der Waals surface area (Å²) in [6.45, 7) is 1.02. The second-order valence-corrected chi connectivity index (χ2v) is 2.96. The van der Waals surface area contributed by atoms with Crippen LogP contribution in [0, 0.1) is 0 Å². The summed E-state index contributed by atoms with van der Waals surface area (Å²) >= 11 is 1.15. The summed E-state index contributed by atoms with van der Waals surface area (Å²) in [6, 6.07) is 0. The molecule has 6 heteroatoms. The summed E-state index contributed by atoms with van der Waals surface area (Å²) in [4.78, 5) is 14.4. The van der Waals surface area contributed by atoms with Gasteiger partial charge >= 0.3 is 5.69 Å². The predicted molar refractivity (Wildman–Crippen MR) is 42.7 cm³/mol. The molecule has 0 aliphatic carbocycles. The minimum Gasteiger partial charge on any atom is -0.383 e. The highest BCUT2D eigenvalue weighted by Crippen LogP contribution is 2.01. The van der Waals surface area contributed by atoms with Crippen molar-refractivity contribution in [1.82, 2.24) is 8.94 Å². The Morgan fingerprint density at radius 1 is 1.82 bits per heavy atom. The average molecular weight is 175 g/mol. The van der Waals surface area contributed by atoms with Crippen LogP contribution in [0.25, 0.3) is 0 Å². The van der Waals surface area contributed by atoms with Gasteiger partial charge in [-0.1, -0.05) is 0 Å². The van der Waals surface area contributed by atoms with Crippen molar-refractivity contribution in [2.75, 3.05) is 19.5 Å². The zero-order valence-electron chi connectivity index (χ0n) is 6.11. The van der Waals surface area contributed by atoms with Crippen molar-refractivity contribution in [2.24, 2.45) is 0 Å². The van der Waals surface area contributed by atoms with Gasteiger partial charge in [0.1, 0.15) is 0 Å². The molecule has 1 heterocycles. The monoisotopic (exact) mass is 175 g/mol. The van der Waals surface area contributed by atoms with Crippen LogP contribution >= 0.6 is 11.5 Å². The van der Waals surface area contributed by atoms with E-state index in [1.807, 2.05) is 0 Å². The van der Waals surface area contributed by atoms with E-state index >= 15 is 0 Å². The molecular formula is C5H9N3O2S. The Morgan fingerprint density at radius 3 is 3.00 bits per heavy atom. The van der Waals surface area contributed by atoms with Crippen molar-refractivity contribution in [3.63, 3.8) is 0 Å². The van der Waals surface area contributed by atoms with E-state index in [0.717, 1.165) is 11.5 Å². The SMILES string of the molecule is COCCn1sc(N)nc1=O. The first-order valence-corrected chi connectivity index (χ1v) is 3.84. The van der Waals surface area contributed by atoms with E-state index in [1.165, 1.54) is 3.96 Å². The molecule has 0 atom stereocenters.